The van der Waals surface area contributed by atoms with E-state index in [2.05, 4.69) is 11.4 Å². The number of fused-ring (bicyclic) bond motifs is 1. The first-order valence-electron chi connectivity index (χ1n) is 9.11. The van der Waals surface area contributed by atoms with Gasteiger partial charge in [0.15, 0.2) is 0 Å². The van der Waals surface area contributed by atoms with Gasteiger partial charge in [0.05, 0.1) is 12.1 Å². The van der Waals surface area contributed by atoms with Crippen molar-refractivity contribution in [3.05, 3.63) is 65.2 Å². The van der Waals surface area contributed by atoms with E-state index in [0.29, 0.717) is 0 Å². The number of nitrogens with zero attached hydrogens (tertiary/aromatic N) is 1. The monoisotopic (exact) mass is 390 g/mol. The number of halogens is 3. The fourth-order valence-corrected chi connectivity index (χ4v) is 5.26. The number of amidine groups is 1. The Morgan fingerprint density at radius 3 is 2.48 bits per heavy atom. The Morgan fingerprint density at radius 2 is 1.70 bits per heavy atom. The summed E-state index contributed by atoms with van der Waals surface area (Å²) in [5.41, 5.74) is 1.81. The molecule has 0 saturated carbocycles. The molecule has 2 aliphatic heterocycles. The summed E-state index contributed by atoms with van der Waals surface area (Å²) in [6, 6.07) is 13.9. The van der Waals surface area contributed by atoms with Crippen molar-refractivity contribution in [2.45, 2.75) is 32.0 Å². The SMILES string of the molecule is FC(F)(F)c1ccccc1CN=C1Nc2ccccc2CC12CCSCC2. The van der Waals surface area contributed by atoms with Crippen molar-refractivity contribution >= 4 is 23.3 Å². The lowest BCUT2D eigenvalue weighted by Crippen LogP contribution is -2.44. The quantitative estimate of drug-likeness (QED) is 0.702. The zero-order chi connectivity index (χ0) is 18.9. The van der Waals surface area contributed by atoms with Crippen molar-refractivity contribution in [3.63, 3.8) is 0 Å². The second-order valence-electron chi connectivity index (χ2n) is 7.17. The Kier molecular flexibility index (Phi) is 4.93. The fraction of sp³-hybridized carbons (Fsp3) is 0.381. The average molecular weight is 390 g/mol. The summed E-state index contributed by atoms with van der Waals surface area (Å²) < 4.78 is 39.9. The number of thioether (sulfide) groups is 1. The third kappa shape index (κ3) is 3.72. The van der Waals surface area contributed by atoms with Crippen molar-refractivity contribution in [2.24, 2.45) is 10.4 Å². The largest absolute Gasteiger partial charge is 0.416 e. The second-order valence-corrected chi connectivity index (χ2v) is 8.40. The number of anilines is 1. The number of nitrogens with one attached hydrogen (secondary N) is 1. The molecule has 0 aliphatic carbocycles. The number of aliphatic imine (C=N–C) groups is 1. The van der Waals surface area contributed by atoms with Crippen molar-refractivity contribution in [2.75, 3.05) is 16.8 Å². The molecule has 6 heteroatoms. The highest BCUT2D eigenvalue weighted by molar-refractivity contribution is 7.99. The molecular formula is C21H21F3N2S. The minimum absolute atomic E-state index is 0.0368. The topological polar surface area (TPSA) is 24.4 Å². The molecule has 2 heterocycles. The Morgan fingerprint density at radius 1 is 1.00 bits per heavy atom. The molecule has 2 nitrogen and oxygen atoms in total. The number of para-hydroxylation sites is 1. The number of hydrogen-bond donors (Lipinski definition) is 1. The van der Waals surface area contributed by atoms with Gasteiger partial charge in [-0.1, -0.05) is 36.4 Å². The van der Waals surface area contributed by atoms with Gasteiger partial charge in [-0.3, -0.25) is 4.99 Å². The molecule has 1 spiro atoms. The van der Waals surface area contributed by atoms with E-state index < -0.39 is 11.7 Å². The first kappa shape index (κ1) is 18.4. The predicted octanol–water partition coefficient (Wildman–Crippen LogP) is 5.79. The molecule has 1 saturated heterocycles. The molecule has 2 aromatic rings. The Labute approximate surface area is 161 Å². The maximum Gasteiger partial charge on any atom is 0.416 e. The van der Waals surface area contributed by atoms with Crippen LogP contribution in [0.15, 0.2) is 53.5 Å². The van der Waals surface area contributed by atoms with Gasteiger partial charge in [0, 0.05) is 11.1 Å². The normalized spacial score (nSPS) is 20.3. The molecule has 0 atom stereocenters. The van der Waals surface area contributed by atoms with E-state index in [1.165, 1.54) is 17.7 Å². The van der Waals surface area contributed by atoms with E-state index in [0.717, 1.165) is 48.4 Å². The summed E-state index contributed by atoms with van der Waals surface area (Å²) in [6.07, 6.45) is -1.46. The van der Waals surface area contributed by atoms with Crippen molar-refractivity contribution < 1.29 is 13.2 Å². The molecule has 0 unspecified atom stereocenters. The summed E-state index contributed by atoms with van der Waals surface area (Å²) in [4.78, 5) is 4.70. The molecule has 1 fully saturated rings. The molecule has 1 N–H and O–H groups in total. The molecule has 2 aromatic carbocycles. The van der Waals surface area contributed by atoms with E-state index in [-0.39, 0.29) is 17.5 Å². The number of hydrogen-bond acceptors (Lipinski definition) is 2. The van der Waals surface area contributed by atoms with E-state index in [9.17, 15) is 13.2 Å². The number of alkyl halides is 3. The summed E-state index contributed by atoms with van der Waals surface area (Å²) in [5, 5.41) is 3.45. The Balaban J connectivity index is 1.69. The number of benzene rings is 2. The molecule has 0 radical (unpaired) electrons. The highest BCUT2D eigenvalue weighted by Crippen LogP contribution is 2.44. The van der Waals surface area contributed by atoms with Crippen LogP contribution in [0.2, 0.25) is 0 Å². The van der Waals surface area contributed by atoms with Crippen LogP contribution in [0.25, 0.3) is 0 Å². The van der Waals surface area contributed by atoms with Crippen LogP contribution in [-0.4, -0.2) is 17.3 Å². The van der Waals surface area contributed by atoms with Crippen molar-refractivity contribution in [3.8, 4) is 0 Å². The highest BCUT2D eigenvalue weighted by Gasteiger charge is 2.41. The summed E-state index contributed by atoms with van der Waals surface area (Å²) in [7, 11) is 0. The molecule has 142 valence electrons. The molecule has 4 rings (SSSR count). The van der Waals surface area contributed by atoms with Gasteiger partial charge in [0.25, 0.3) is 0 Å². The van der Waals surface area contributed by atoms with Crippen LogP contribution in [0.3, 0.4) is 0 Å². The van der Waals surface area contributed by atoms with E-state index in [1.54, 1.807) is 6.07 Å². The molecule has 0 amide bonds. The lowest BCUT2D eigenvalue weighted by Gasteiger charge is -2.42. The summed E-state index contributed by atoms with van der Waals surface area (Å²) >= 11 is 1.93. The maximum absolute atomic E-state index is 13.3. The predicted molar refractivity (Wildman–Crippen MR) is 105 cm³/mol. The van der Waals surface area contributed by atoms with Gasteiger partial charge in [0.2, 0.25) is 0 Å². The Bertz CT molecular complexity index is 855. The zero-order valence-corrected chi connectivity index (χ0v) is 15.7. The van der Waals surface area contributed by atoms with Gasteiger partial charge in [0.1, 0.15) is 5.84 Å². The fourth-order valence-electron chi connectivity index (χ4n) is 3.99. The van der Waals surface area contributed by atoms with Gasteiger partial charge in [-0.05, 0) is 54.0 Å². The van der Waals surface area contributed by atoms with E-state index >= 15 is 0 Å². The molecule has 2 aliphatic rings. The minimum Gasteiger partial charge on any atom is -0.343 e. The zero-order valence-electron chi connectivity index (χ0n) is 14.9. The van der Waals surface area contributed by atoms with Gasteiger partial charge >= 0.3 is 6.18 Å². The maximum atomic E-state index is 13.3. The van der Waals surface area contributed by atoms with Crippen molar-refractivity contribution in [1.29, 1.82) is 0 Å². The Hall–Kier alpha value is -1.95. The smallest absolute Gasteiger partial charge is 0.343 e. The number of rotatable bonds is 2. The minimum atomic E-state index is -4.36. The van der Waals surface area contributed by atoms with Crippen LogP contribution in [0.1, 0.15) is 29.5 Å². The highest BCUT2D eigenvalue weighted by atomic mass is 32.2. The van der Waals surface area contributed by atoms with Crippen molar-refractivity contribution in [1.82, 2.24) is 0 Å². The van der Waals surface area contributed by atoms with Gasteiger partial charge in [-0.15, -0.1) is 0 Å². The van der Waals surface area contributed by atoms with Gasteiger partial charge < -0.3 is 5.32 Å². The van der Waals surface area contributed by atoms with Gasteiger partial charge in [-0.2, -0.15) is 24.9 Å². The molecule has 27 heavy (non-hydrogen) atoms. The molecular weight excluding hydrogens is 369 g/mol. The van der Waals surface area contributed by atoms with Crippen LogP contribution < -0.4 is 5.32 Å². The summed E-state index contributed by atoms with van der Waals surface area (Å²) in [6.45, 7) is 0.0368. The molecule has 0 bridgehead atoms. The first-order valence-corrected chi connectivity index (χ1v) is 10.3. The van der Waals surface area contributed by atoms with Crippen LogP contribution >= 0.6 is 11.8 Å². The van der Waals surface area contributed by atoms with E-state index in [4.69, 9.17) is 4.99 Å². The standard InChI is InChI=1S/C21H21F3N2S/c22-21(23,24)17-7-3-1-6-16(17)14-25-19-20(9-11-27-12-10-20)13-15-5-2-4-8-18(15)26-19/h1-8H,9-14H2,(H,25,26). The van der Waals surface area contributed by atoms with Crippen LogP contribution in [0.5, 0.6) is 0 Å². The second kappa shape index (κ2) is 7.23. The van der Waals surface area contributed by atoms with Gasteiger partial charge in [-0.25, -0.2) is 0 Å². The van der Waals surface area contributed by atoms with Crippen LogP contribution in [0.4, 0.5) is 18.9 Å². The molecule has 0 aromatic heterocycles. The average Bonchev–Trinajstić information content (AvgIpc) is 2.66. The third-order valence-electron chi connectivity index (χ3n) is 5.48. The lowest BCUT2D eigenvalue weighted by atomic mass is 9.73. The summed E-state index contributed by atoms with van der Waals surface area (Å²) in [5.74, 6) is 2.96. The first-order chi connectivity index (χ1) is 13.0. The third-order valence-corrected chi connectivity index (χ3v) is 6.47. The van der Waals surface area contributed by atoms with Crippen LogP contribution in [-0.2, 0) is 19.1 Å². The lowest BCUT2D eigenvalue weighted by molar-refractivity contribution is -0.138. The van der Waals surface area contributed by atoms with E-state index in [1.807, 2.05) is 30.0 Å². The van der Waals surface area contributed by atoms with Crippen LogP contribution in [0, 0.1) is 5.41 Å².